The number of carboxylic acids is 1. The van der Waals surface area contributed by atoms with Crippen molar-refractivity contribution in [2.75, 3.05) is 0 Å². The second-order valence-electron chi connectivity index (χ2n) is 6.57. The summed E-state index contributed by atoms with van der Waals surface area (Å²) < 4.78 is 0. The lowest BCUT2D eigenvalue weighted by atomic mass is 9.58. The molecule has 5 heteroatoms. The van der Waals surface area contributed by atoms with Gasteiger partial charge in [0, 0.05) is 12.3 Å². The van der Waals surface area contributed by atoms with Gasteiger partial charge in [-0.25, -0.2) is 4.79 Å². The van der Waals surface area contributed by atoms with Gasteiger partial charge >= 0.3 is 5.97 Å². The number of aliphatic carboxylic acids is 1. The maximum Gasteiger partial charge on any atom is 0.335 e. The fourth-order valence-electron chi connectivity index (χ4n) is 3.73. The molecule has 4 atom stereocenters. The van der Waals surface area contributed by atoms with Crippen LogP contribution in [0.5, 0.6) is 0 Å². The Morgan fingerprint density at radius 2 is 2.00 bits per heavy atom. The predicted octanol–water partition coefficient (Wildman–Crippen LogP) is 1.28. The molecule has 0 aromatic heterocycles. The topological polar surface area (TPSA) is 94.8 Å². The third-order valence-electron chi connectivity index (χ3n) is 5.22. The zero-order chi connectivity index (χ0) is 15.3. The number of hydrogen-bond acceptors (Lipinski definition) is 4. The minimum atomic E-state index is -1.99. The first kappa shape index (κ1) is 15.2. The van der Waals surface area contributed by atoms with E-state index in [-0.39, 0.29) is 11.2 Å². The number of carbonyl (C=O) groups excluding carboxylic acids is 1. The van der Waals surface area contributed by atoms with Crippen LogP contribution in [0.1, 0.15) is 46.5 Å². The summed E-state index contributed by atoms with van der Waals surface area (Å²) in [7, 11) is 0. The molecule has 0 spiro atoms. The van der Waals surface area contributed by atoms with Gasteiger partial charge < -0.3 is 15.3 Å². The van der Waals surface area contributed by atoms with E-state index in [2.05, 4.69) is 0 Å². The molecule has 5 nitrogen and oxygen atoms in total. The molecule has 3 N–H and O–H groups in total. The number of rotatable bonds is 2. The van der Waals surface area contributed by atoms with Crippen LogP contribution in [0.2, 0.25) is 0 Å². The van der Waals surface area contributed by atoms with Crippen molar-refractivity contribution in [3.8, 4) is 0 Å². The maximum atomic E-state index is 11.9. The molecule has 20 heavy (non-hydrogen) atoms. The lowest BCUT2D eigenvalue weighted by molar-refractivity contribution is -0.169. The Labute approximate surface area is 118 Å². The van der Waals surface area contributed by atoms with Gasteiger partial charge in [-0.2, -0.15) is 0 Å². The van der Waals surface area contributed by atoms with E-state index in [1.54, 1.807) is 6.92 Å². The van der Waals surface area contributed by atoms with Crippen molar-refractivity contribution in [2.24, 2.45) is 11.3 Å². The highest BCUT2D eigenvalue weighted by atomic mass is 16.4. The Morgan fingerprint density at radius 3 is 2.55 bits per heavy atom. The van der Waals surface area contributed by atoms with Gasteiger partial charge in [-0.1, -0.05) is 6.92 Å². The molecule has 0 amide bonds. The summed E-state index contributed by atoms with van der Waals surface area (Å²) in [5, 5.41) is 29.9. The van der Waals surface area contributed by atoms with Crippen molar-refractivity contribution in [3.63, 3.8) is 0 Å². The van der Waals surface area contributed by atoms with Crippen LogP contribution in [0.25, 0.3) is 0 Å². The number of aliphatic hydroxyl groups excluding tert-OH is 1. The van der Waals surface area contributed by atoms with Gasteiger partial charge in [0.05, 0.1) is 6.10 Å². The molecular weight excluding hydrogens is 260 g/mol. The minimum Gasteiger partial charge on any atom is -0.479 e. The Bertz CT molecular complexity index is 490. The molecule has 1 saturated carbocycles. The highest BCUT2D eigenvalue weighted by Crippen LogP contribution is 2.52. The summed E-state index contributed by atoms with van der Waals surface area (Å²) >= 11 is 0. The average molecular weight is 282 g/mol. The number of fused-ring (bicyclic) bond motifs is 1. The molecule has 0 radical (unpaired) electrons. The minimum absolute atomic E-state index is 0.00661. The zero-order valence-corrected chi connectivity index (χ0v) is 12.1. The van der Waals surface area contributed by atoms with Crippen molar-refractivity contribution in [2.45, 2.75) is 58.2 Å². The van der Waals surface area contributed by atoms with Crippen molar-refractivity contribution in [1.82, 2.24) is 0 Å². The number of aliphatic hydroxyl groups is 2. The second kappa shape index (κ2) is 4.67. The highest BCUT2D eigenvalue weighted by Gasteiger charge is 2.52. The number of allylic oxidation sites excluding steroid dienone is 1. The standard InChI is InChI=1S/C15H22O5/c1-8-10(16)5-7-14(2)6-4-9(12(17)11(8)14)15(3,20)13(18)19/h9,12,17,20H,4-7H2,1-3H3,(H,18,19)/t9-,12+,14-,15+/m1/s1. The van der Waals surface area contributed by atoms with Crippen LogP contribution < -0.4 is 0 Å². The molecule has 112 valence electrons. The zero-order valence-electron chi connectivity index (χ0n) is 12.1. The Morgan fingerprint density at radius 1 is 1.40 bits per heavy atom. The Hall–Kier alpha value is -1.20. The molecule has 2 rings (SSSR count). The van der Waals surface area contributed by atoms with Gasteiger partial charge in [0.25, 0.3) is 0 Å². The second-order valence-corrected chi connectivity index (χ2v) is 6.57. The van der Waals surface area contributed by atoms with Crippen molar-refractivity contribution in [3.05, 3.63) is 11.1 Å². The fraction of sp³-hybridized carbons (Fsp3) is 0.733. The molecule has 0 saturated heterocycles. The summed E-state index contributed by atoms with van der Waals surface area (Å²) in [5.41, 5.74) is -1.08. The molecule has 0 heterocycles. The molecule has 0 aliphatic heterocycles. The van der Waals surface area contributed by atoms with Crippen LogP contribution in [0, 0.1) is 11.3 Å². The van der Waals surface area contributed by atoms with Crippen LogP contribution in [0.3, 0.4) is 0 Å². The van der Waals surface area contributed by atoms with Gasteiger partial charge in [-0.3, -0.25) is 4.79 Å². The van der Waals surface area contributed by atoms with Crippen LogP contribution >= 0.6 is 0 Å². The lowest BCUT2D eigenvalue weighted by Crippen LogP contribution is -2.54. The van der Waals surface area contributed by atoms with Gasteiger partial charge in [0.1, 0.15) is 0 Å². The summed E-state index contributed by atoms with van der Waals surface area (Å²) in [6, 6.07) is 0. The lowest BCUT2D eigenvalue weighted by Gasteiger charge is -2.48. The van der Waals surface area contributed by atoms with E-state index in [1.165, 1.54) is 6.92 Å². The molecule has 0 aromatic rings. The highest BCUT2D eigenvalue weighted by molar-refractivity contribution is 5.97. The number of Topliss-reactive ketones (excluding diaryl/α,β-unsaturated/α-hetero) is 1. The molecule has 2 aliphatic rings. The summed E-state index contributed by atoms with van der Waals surface area (Å²) in [4.78, 5) is 23.1. The maximum absolute atomic E-state index is 11.9. The third kappa shape index (κ3) is 2.09. The molecule has 0 unspecified atom stereocenters. The first-order chi connectivity index (χ1) is 9.11. The van der Waals surface area contributed by atoms with Crippen LogP contribution in [0.15, 0.2) is 11.1 Å². The number of ketones is 1. The first-order valence-electron chi connectivity index (χ1n) is 6.99. The monoisotopic (exact) mass is 282 g/mol. The van der Waals surface area contributed by atoms with Crippen molar-refractivity contribution < 1.29 is 24.9 Å². The van der Waals surface area contributed by atoms with Gasteiger partial charge in [-0.15, -0.1) is 0 Å². The van der Waals surface area contributed by atoms with E-state index >= 15 is 0 Å². The molecule has 0 aromatic carbocycles. The van der Waals surface area contributed by atoms with Crippen LogP contribution in [0.4, 0.5) is 0 Å². The molecule has 0 bridgehead atoms. The van der Waals surface area contributed by atoms with Gasteiger partial charge in [0.15, 0.2) is 11.4 Å². The van der Waals surface area contributed by atoms with Gasteiger partial charge in [-0.05, 0) is 49.7 Å². The SMILES string of the molecule is CC1=C2[C@@H](O)[C@H]([C@](C)(O)C(=O)O)CC[C@]2(C)CCC1=O. The molecule has 1 fully saturated rings. The Kier molecular flexibility index (Phi) is 3.55. The smallest absolute Gasteiger partial charge is 0.335 e. The number of hydrogen-bond donors (Lipinski definition) is 3. The predicted molar refractivity (Wildman–Crippen MR) is 72.0 cm³/mol. The first-order valence-corrected chi connectivity index (χ1v) is 6.99. The van der Waals surface area contributed by atoms with E-state index < -0.39 is 23.6 Å². The summed E-state index contributed by atoms with van der Waals surface area (Å²) in [5.74, 6) is -2.12. The summed E-state index contributed by atoms with van der Waals surface area (Å²) in [6.07, 6.45) is 1.18. The van der Waals surface area contributed by atoms with Gasteiger partial charge in [0.2, 0.25) is 0 Å². The van der Waals surface area contributed by atoms with E-state index in [9.17, 15) is 19.8 Å². The number of carbonyl (C=O) groups is 2. The van der Waals surface area contributed by atoms with Crippen molar-refractivity contribution >= 4 is 11.8 Å². The molecular formula is C15H22O5. The largest absolute Gasteiger partial charge is 0.479 e. The normalized spacial score (nSPS) is 37.4. The summed E-state index contributed by atoms with van der Waals surface area (Å²) in [6.45, 7) is 4.91. The Balaban J connectivity index is 2.45. The van der Waals surface area contributed by atoms with E-state index in [4.69, 9.17) is 5.11 Å². The van der Waals surface area contributed by atoms with Crippen LogP contribution in [-0.4, -0.2) is 38.8 Å². The van der Waals surface area contributed by atoms with Crippen LogP contribution in [-0.2, 0) is 9.59 Å². The molecule has 2 aliphatic carbocycles. The quantitative estimate of drug-likeness (QED) is 0.709. The van der Waals surface area contributed by atoms with E-state index in [1.807, 2.05) is 6.92 Å². The van der Waals surface area contributed by atoms with Crippen molar-refractivity contribution in [1.29, 1.82) is 0 Å². The average Bonchev–Trinajstić information content (AvgIpc) is 2.34. The van der Waals surface area contributed by atoms with E-state index in [0.29, 0.717) is 36.8 Å². The number of carboxylic acid groups (broad SMARTS) is 1. The van der Waals surface area contributed by atoms with E-state index in [0.717, 1.165) is 0 Å². The fourth-order valence-corrected chi connectivity index (χ4v) is 3.73. The third-order valence-corrected chi connectivity index (χ3v) is 5.22.